The van der Waals surface area contributed by atoms with Gasteiger partial charge in [-0.2, -0.15) is 0 Å². The van der Waals surface area contributed by atoms with Gasteiger partial charge in [-0.1, -0.05) is 32.3 Å². The minimum atomic E-state index is -0.344. The van der Waals surface area contributed by atoms with Crippen molar-refractivity contribution in [2.75, 3.05) is 6.54 Å². The van der Waals surface area contributed by atoms with Gasteiger partial charge in [-0.25, -0.2) is 4.99 Å². The molecule has 1 aliphatic heterocycles. The largest absolute Gasteiger partial charge is 0.333 e. The Morgan fingerprint density at radius 3 is 2.56 bits per heavy atom. The number of nitro benzene ring substituents is 1. The van der Waals surface area contributed by atoms with Gasteiger partial charge in [0.2, 0.25) is 0 Å². The molecule has 0 fully saturated rings. The van der Waals surface area contributed by atoms with E-state index in [1.807, 2.05) is 6.92 Å². The second-order valence-electron chi connectivity index (χ2n) is 7.81. The molecular weight excluding hydrogens is 338 g/mol. The molecule has 0 N–H and O–H groups in total. The molecule has 0 amide bonds. The number of rotatable bonds is 6. The molecule has 0 saturated carbocycles. The molecule has 0 spiro atoms. The molecule has 0 saturated heterocycles. The molecule has 1 heterocycles. The molecule has 1 aromatic rings. The zero-order valence-corrected chi connectivity index (χ0v) is 16.8. The number of amidine groups is 1. The van der Waals surface area contributed by atoms with Crippen molar-refractivity contribution in [1.29, 1.82) is 0 Å². The van der Waals surface area contributed by atoms with E-state index in [0.29, 0.717) is 5.92 Å². The molecule has 2 aliphatic rings. The van der Waals surface area contributed by atoms with E-state index in [-0.39, 0.29) is 10.6 Å². The average Bonchev–Trinajstić information content (AvgIpc) is 2.68. The highest BCUT2D eigenvalue weighted by Crippen LogP contribution is 2.37. The smallest absolute Gasteiger partial charge is 0.269 e. The maximum atomic E-state index is 11.0. The minimum Gasteiger partial charge on any atom is -0.333 e. The Morgan fingerprint density at radius 1 is 1.15 bits per heavy atom. The van der Waals surface area contributed by atoms with Crippen LogP contribution < -0.4 is 0 Å². The van der Waals surface area contributed by atoms with E-state index in [4.69, 9.17) is 4.99 Å². The SMILES string of the molecule is CCC(CC)CN1C(=Nc2ccc([N+](=O)[O-])cc2C)CCC2=C1CCCC2. The molecule has 3 rings (SSSR count). The fourth-order valence-corrected chi connectivity index (χ4v) is 4.26. The van der Waals surface area contributed by atoms with Crippen molar-refractivity contribution in [2.45, 2.75) is 72.1 Å². The molecule has 146 valence electrons. The number of nitro groups is 1. The summed E-state index contributed by atoms with van der Waals surface area (Å²) in [6.07, 6.45) is 9.41. The predicted octanol–water partition coefficient (Wildman–Crippen LogP) is 6.29. The highest BCUT2D eigenvalue weighted by Gasteiger charge is 2.28. The third-order valence-corrected chi connectivity index (χ3v) is 6.07. The fraction of sp³-hybridized carbons (Fsp3) is 0.591. The van der Waals surface area contributed by atoms with Gasteiger partial charge in [-0.05, 0) is 56.6 Å². The quantitative estimate of drug-likeness (QED) is 0.437. The summed E-state index contributed by atoms with van der Waals surface area (Å²) < 4.78 is 0. The van der Waals surface area contributed by atoms with Gasteiger partial charge in [-0.15, -0.1) is 0 Å². The lowest BCUT2D eigenvalue weighted by Crippen LogP contribution is -2.38. The number of aliphatic imine (C=N–C) groups is 1. The van der Waals surface area contributed by atoms with Crippen molar-refractivity contribution in [3.05, 3.63) is 45.1 Å². The second-order valence-corrected chi connectivity index (χ2v) is 7.81. The van der Waals surface area contributed by atoms with Crippen LogP contribution in [0.25, 0.3) is 0 Å². The lowest BCUT2D eigenvalue weighted by atomic mass is 9.88. The molecule has 5 heteroatoms. The zero-order chi connectivity index (χ0) is 19.4. The lowest BCUT2D eigenvalue weighted by Gasteiger charge is -2.39. The van der Waals surface area contributed by atoms with Crippen molar-refractivity contribution in [3.63, 3.8) is 0 Å². The van der Waals surface area contributed by atoms with E-state index >= 15 is 0 Å². The monoisotopic (exact) mass is 369 g/mol. The van der Waals surface area contributed by atoms with Crippen LogP contribution in [-0.2, 0) is 0 Å². The second kappa shape index (κ2) is 8.68. The van der Waals surface area contributed by atoms with Crippen LogP contribution in [0.3, 0.4) is 0 Å². The van der Waals surface area contributed by atoms with Crippen LogP contribution in [0.4, 0.5) is 11.4 Å². The number of aryl methyl sites for hydroxylation is 1. The Kier molecular flexibility index (Phi) is 6.30. The molecular formula is C22H31N3O2. The van der Waals surface area contributed by atoms with Gasteiger partial charge in [0.1, 0.15) is 5.84 Å². The van der Waals surface area contributed by atoms with Gasteiger partial charge in [0.25, 0.3) is 5.69 Å². The van der Waals surface area contributed by atoms with Crippen LogP contribution in [0.15, 0.2) is 34.5 Å². The summed E-state index contributed by atoms with van der Waals surface area (Å²) in [5.41, 5.74) is 4.99. The Balaban J connectivity index is 1.95. The van der Waals surface area contributed by atoms with Crippen LogP contribution >= 0.6 is 0 Å². The van der Waals surface area contributed by atoms with Crippen LogP contribution in [0, 0.1) is 23.0 Å². The van der Waals surface area contributed by atoms with Crippen molar-refractivity contribution >= 4 is 17.2 Å². The Bertz CT molecular complexity index is 763. The summed E-state index contributed by atoms with van der Waals surface area (Å²) in [5, 5.41) is 11.0. The van der Waals surface area contributed by atoms with E-state index in [0.717, 1.165) is 42.9 Å². The summed E-state index contributed by atoms with van der Waals surface area (Å²) in [6, 6.07) is 4.98. The first kappa shape index (κ1) is 19.6. The summed E-state index contributed by atoms with van der Waals surface area (Å²) in [5.74, 6) is 1.81. The maximum Gasteiger partial charge on any atom is 0.269 e. The molecule has 27 heavy (non-hydrogen) atoms. The van der Waals surface area contributed by atoms with E-state index in [1.165, 1.54) is 37.8 Å². The number of hydrogen-bond donors (Lipinski definition) is 0. The average molecular weight is 370 g/mol. The topological polar surface area (TPSA) is 58.7 Å². The Labute approximate surface area is 162 Å². The molecule has 0 atom stereocenters. The van der Waals surface area contributed by atoms with E-state index < -0.39 is 0 Å². The number of benzene rings is 1. The van der Waals surface area contributed by atoms with Crippen LogP contribution in [-0.4, -0.2) is 22.2 Å². The number of hydrogen-bond acceptors (Lipinski definition) is 3. The highest BCUT2D eigenvalue weighted by molar-refractivity contribution is 5.88. The lowest BCUT2D eigenvalue weighted by molar-refractivity contribution is -0.384. The summed E-state index contributed by atoms with van der Waals surface area (Å²) in [4.78, 5) is 18.2. The van der Waals surface area contributed by atoms with Crippen LogP contribution in [0.5, 0.6) is 0 Å². The molecule has 0 radical (unpaired) electrons. The van der Waals surface area contributed by atoms with Gasteiger partial charge >= 0.3 is 0 Å². The van der Waals surface area contributed by atoms with Crippen molar-refractivity contribution in [2.24, 2.45) is 10.9 Å². The minimum absolute atomic E-state index is 0.131. The standard InChI is InChI=1S/C22H31N3O2/c1-4-17(5-2)15-24-21-9-7-6-8-18(21)10-13-22(24)23-20-12-11-19(25(26)27)14-16(20)3/h11-12,14,17H,4-10,13,15H2,1-3H3. The van der Waals surface area contributed by atoms with Crippen LogP contribution in [0.1, 0.15) is 70.8 Å². The molecule has 0 bridgehead atoms. The molecule has 1 aliphatic carbocycles. The summed E-state index contributed by atoms with van der Waals surface area (Å²) in [7, 11) is 0. The molecule has 0 unspecified atom stereocenters. The molecule has 5 nitrogen and oxygen atoms in total. The molecule has 1 aromatic carbocycles. The number of non-ortho nitro benzene ring substituents is 1. The fourth-order valence-electron chi connectivity index (χ4n) is 4.26. The van der Waals surface area contributed by atoms with Crippen molar-refractivity contribution in [3.8, 4) is 0 Å². The third-order valence-electron chi connectivity index (χ3n) is 6.07. The first-order valence-corrected chi connectivity index (χ1v) is 10.3. The molecule has 0 aromatic heterocycles. The van der Waals surface area contributed by atoms with Gasteiger partial charge in [0.05, 0.1) is 10.6 Å². The Hall–Kier alpha value is -2.17. The van der Waals surface area contributed by atoms with E-state index in [9.17, 15) is 10.1 Å². The summed E-state index contributed by atoms with van der Waals surface area (Å²) in [6.45, 7) is 7.49. The van der Waals surface area contributed by atoms with Gasteiger partial charge < -0.3 is 4.90 Å². The van der Waals surface area contributed by atoms with E-state index in [1.54, 1.807) is 23.8 Å². The number of nitrogens with zero attached hydrogens (tertiary/aromatic N) is 3. The van der Waals surface area contributed by atoms with Crippen molar-refractivity contribution < 1.29 is 4.92 Å². The first-order chi connectivity index (χ1) is 13.0. The Morgan fingerprint density at radius 2 is 1.89 bits per heavy atom. The van der Waals surface area contributed by atoms with E-state index in [2.05, 4.69) is 18.7 Å². The first-order valence-electron chi connectivity index (χ1n) is 10.3. The van der Waals surface area contributed by atoms with Gasteiger partial charge in [0.15, 0.2) is 0 Å². The third kappa shape index (κ3) is 4.40. The highest BCUT2D eigenvalue weighted by atomic mass is 16.6. The van der Waals surface area contributed by atoms with Crippen molar-refractivity contribution in [1.82, 2.24) is 4.90 Å². The normalized spacial score (nSPS) is 19.0. The van der Waals surface area contributed by atoms with Gasteiger partial charge in [-0.3, -0.25) is 10.1 Å². The van der Waals surface area contributed by atoms with Crippen LogP contribution in [0.2, 0.25) is 0 Å². The zero-order valence-electron chi connectivity index (χ0n) is 16.8. The maximum absolute atomic E-state index is 11.0. The van der Waals surface area contributed by atoms with Gasteiger partial charge in [0, 0.05) is 30.8 Å². The number of allylic oxidation sites excluding steroid dienone is 2. The summed E-state index contributed by atoms with van der Waals surface area (Å²) >= 11 is 0. The predicted molar refractivity (Wildman–Crippen MR) is 110 cm³/mol.